The molecule has 2 fully saturated rings. The summed E-state index contributed by atoms with van der Waals surface area (Å²) < 4.78 is 0. The number of β-amino-alcohol motifs (C(OH)–C–C–N with tert-alkyl or cyclic N) is 1. The van der Waals surface area contributed by atoms with Crippen LogP contribution in [0.3, 0.4) is 0 Å². The van der Waals surface area contributed by atoms with Crippen LogP contribution in [-0.2, 0) is 4.79 Å². The Hall–Kier alpha value is -0.610. The molecule has 2 aliphatic heterocycles. The molecule has 16 heavy (non-hydrogen) atoms. The van der Waals surface area contributed by atoms with Crippen LogP contribution < -0.4 is 5.32 Å². The summed E-state index contributed by atoms with van der Waals surface area (Å²) in [6, 6.07) is -0.0392. The van der Waals surface area contributed by atoms with Crippen molar-refractivity contribution >= 4 is 5.91 Å². The van der Waals surface area contributed by atoms with Crippen molar-refractivity contribution in [2.75, 3.05) is 19.6 Å². The van der Waals surface area contributed by atoms with Crippen molar-refractivity contribution < 1.29 is 9.90 Å². The number of hydrogen-bond donors (Lipinski definition) is 2. The molecule has 0 aromatic rings. The zero-order valence-corrected chi connectivity index (χ0v) is 10.2. The molecule has 2 aliphatic rings. The Kier molecular flexibility index (Phi) is 3.22. The molecule has 2 saturated heterocycles. The van der Waals surface area contributed by atoms with Gasteiger partial charge < -0.3 is 15.3 Å². The molecule has 0 aromatic carbocycles. The molecule has 0 radical (unpaired) electrons. The van der Waals surface area contributed by atoms with E-state index in [9.17, 15) is 9.90 Å². The number of carbonyl (C=O) groups excluding carboxylic acids is 1. The van der Waals surface area contributed by atoms with E-state index in [1.165, 1.54) is 0 Å². The van der Waals surface area contributed by atoms with Gasteiger partial charge in [0.2, 0.25) is 5.91 Å². The van der Waals surface area contributed by atoms with E-state index in [2.05, 4.69) is 12.2 Å². The van der Waals surface area contributed by atoms with E-state index in [1.807, 2.05) is 0 Å². The van der Waals surface area contributed by atoms with Crippen molar-refractivity contribution in [1.29, 1.82) is 0 Å². The summed E-state index contributed by atoms with van der Waals surface area (Å²) >= 11 is 0. The molecule has 0 saturated carbocycles. The number of piperidine rings is 1. The second-order valence-electron chi connectivity index (χ2n) is 5.56. The summed E-state index contributed by atoms with van der Waals surface area (Å²) in [5.74, 6) is 0.580. The van der Waals surface area contributed by atoms with Gasteiger partial charge in [-0.1, -0.05) is 6.92 Å². The average Bonchev–Trinajstić information content (AvgIpc) is 2.59. The molecule has 2 N–H and O–H groups in total. The first-order valence-corrected chi connectivity index (χ1v) is 6.24. The van der Waals surface area contributed by atoms with Gasteiger partial charge in [-0.15, -0.1) is 0 Å². The fraction of sp³-hybridized carbons (Fsp3) is 0.917. The van der Waals surface area contributed by atoms with Gasteiger partial charge in [-0.2, -0.15) is 0 Å². The van der Waals surface area contributed by atoms with E-state index in [0.717, 1.165) is 19.4 Å². The van der Waals surface area contributed by atoms with Crippen LogP contribution in [0.4, 0.5) is 0 Å². The largest absolute Gasteiger partial charge is 0.388 e. The molecule has 3 atom stereocenters. The summed E-state index contributed by atoms with van der Waals surface area (Å²) in [6.07, 6.45) is 2.97. The van der Waals surface area contributed by atoms with E-state index < -0.39 is 5.60 Å². The van der Waals surface area contributed by atoms with Crippen LogP contribution in [0.2, 0.25) is 0 Å². The zero-order chi connectivity index (χ0) is 11.8. The lowest BCUT2D eigenvalue weighted by molar-refractivity contribution is -0.135. The molecule has 2 heterocycles. The quantitative estimate of drug-likeness (QED) is 0.678. The normalized spacial score (nSPS) is 40.1. The highest BCUT2D eigenvalue weighted by Gasteiger charge is 2.38. The first kappa shape index (κ1) is 11.9. The van der Waals surface area contributed by atoms with Crippen LogP contribution in [0.1, 0.15) is 33.1 Å². The Morgan fingerprint density at radius 2 is 2.31 bits per heavy atom. The van der Waals surface area contributed by atoms with Gasteiger partial charge in [0, 0.05) is 13.1 Å². The molecule has 3 unspecified atom stereocenters. The number of rotatable bonds is 1. The summed E-state index contributed by atoms with van der Waals surface area (Å²) in [5.41, 5.74) is -0.687. The molecule has 4 nitrogen and oxygen atoms in total. The Morgan fingerprint density at radius 3 is 2.88 bits per heavy atom. The number of nitrogens with zero attached hydrogens (tertiary/aromatic N) is 1. The van der Waals surface area contributed by atoms with Crippen molar-refractivity contribution in [3.8, 4) is 0 Å². The van der Waals surface area contributed by atoms with Gasteiger partial charge in [0.25, 0.3) is 0 Å². The molecule has 0 aromatic heterocycles. The van der Waals surface area contributed by atoms with Gasteiger partial charge in [-0.25, -0.2) is 0 Å². The number of likely N-dealkylation sites (tertiary alicyclic amines) is 1. The molecular weight excluding hydrogens is 204 g/mol. The van der Waals surface area contributed by atoms with Crippen molar-refractivity contribution in [1.82, 2.24) is 10.2 Å². The minimum absolute atomic E-state index is 0.0392. The molecular formula is C12H22N2O2. The highest BCUT2D eigenvalue weighted by molar-refractivity contribution is 5.82. The summed E-state index contributed by atoms with van der Waals surface area (Å²) in [7, 11) is 0. The maximum atomic E-state index is 12.3. The lowest BCUT2D eigenvalue weighted by Crippen LogP contribution is -2.52. The number of aliphatic hydroxyl groups is 1. The molecule has 4 heteroatoms. The van der Waals surface area contributed by atoms with E-state index in [0.29, 0.717) is 25.4 Å². The predicted molar refractivity (Wildman–Crippen MR) is 62.0 cm³/mol. The Bertz CT molecular complexity index is 278. The molecule has 0 bridgehead atoms. The van der Waals surface area contributed by atoms with Crippen LogP contribution >= 0.6 is 0 Å². The average molecular weight is 226 g/mol. The molecule has 0 aliphatic carbocycles. The van der Waals surface area contributed by atoms with Crippen LogP contribution in [0.25, 0.3) is 0 Å². The van der Waals surface area contributed by atoms with E-state index in [4.69, 9.17) is 0 Å². The van der Waals surface area contributed by atoms with E-state index >= 15 is 0 Å². The standard InChI is InChI=1S/C12H22N2O2/c1-9-4-3-6-13-10(9)11(15)14-7-5-12(2,16)8-14/h9-10,13,16H,3-8H2,1-2H3. The van der Waals surface area contributed by atoms with Gasteiger partial charge in [0.15, 0.2) is 0 Å². The van der Waals surface area contributed by atoms with Crippen LogP contribution in [0.5, 0.6) is 0 Å². The molecule has 2 rings (SSSR count). The van der Waals surface area contributed by atoms with Gasteiger partial charge in [0.05, 0.1) is 11.6 Å². The highest BCUT2D eigenvalue weighted by Crippen LogP contribution is 2.24. The SMILES string of the molecule is CC1CCCNC1C(=O)N1CCC(C)(O)C1. The van der Waals surface area contributed by atoms with Gasteiger partial charge >= 0.3 is 0 Å². The minimum atomic E-state index is -0.687. The summed E-state index contributed by atoms with van der Waals surface area (Å²) in [4.78, 5) is 14.1. The van der Waals surface area contributed by atoms with Crippen LogP contribution in [0, 0.1) is 5.92 Å². The molecule has 0 spiro atoms. The molecule has 1 amide bonds. The van der Waals surface area contributed by atoms with Crippen molar-refractivity contribution in [3.63, 3.8) is 0 Å². The summed E-state index contributed by atoms with van der Waals surface area (Å²) in [5, 5.41) is 13.2. The van der Waals surface area contributed by atoms with Crippen molar-refractivity contribution in [2.45, 2.75) is 44.8 Å². The van der Waals surface area contributed by atoms with Crippen molar-refractivity contribution in [3.05, 3.63) is 0 Å². The molecule has 92 valence electrons. The third kappa shape index (κ3) is 2.38. The minimum Gasteiger partial charge on any atom is -0.388 e. The Balaban J connectivity index is 1.97. The first-order valence-electron chi connectivity index (χ1n) is 6.24. The maximum Gasteiger partial charge on any atom is 0.240 e. The first-order chi connectivity index (χ1) is 7.49. The monoisotopic (exact) mass is 226 g/mol. The number of amides is 1. The maximum absolute atomic E-state index is 12.3. The van der Waals surface area contributed by atoms with Gasteiger partial charge in [-0.05, 0) is 38.6 Å². The Labute approximate surface area is 97.0 Å². The third-order valence-corrected chi connectivity index (χ3v) is 3.80. The fourth-order valence-electron chi connectivity index (χ4n) is 2.71. The number of carbonyl (C=O) groups is 1. The summed E-state index contributed by atoms with van der Waals surface area (Å²) in [6.45, 7) is 6.04. The van der Waals surface area contributed by atoms with Gasteiger partial charge in [0.1, 0.15) is 0 Å². The third-order valence-electron chi connectivity index (χ3n) is 3.80. The lowest BCUT2D eigenvalue weighted by Gasteiger charge is -2.32. The van der Waals surface area contributed by atoms with Crippen molar-refractivity contribution in [2.24, 2.45) is 5.92 Å². The fourth-order valence-corrected chi connectivity index (χ4v) is 2.71. The number of nitrogens with one attached hydrogen (secondary N) is 1. The predicted octanol–water partition coefficient (Wildman–Crippen LogP) is 0.358. The number of hydrogen-bond acceptors (Lipinski definition) is 3. The van der Waals surface area contributed by atoms with Crippen LogP contribution in [-0.4, -0.2) is 47.2 Å². The Morgan fingerprint density at radius 1 is 1.56 bits per heavy atom. The van der Waals surface area contributed by atoms with Gasteiger partial charge in [-0.3, -0.25) is 4.79 Å². The second-order valence-corrected chi connectivity index (χ2v) is 5.56. The zero-order valence-electron chi connectivity index (χ0n) is 10.2. The second kappa shape index (κ2) is 4.34. The lowest BCUT2D eigenvalue weighted by atomic mass is 9.92. The van der Waals surface area contributed by atoms with E-state index in [-0.39, 0.29) is 11.9 Å². The highest BCUT2D eigenvalue weighted by atomic mass is 16.3. The smallest absolute Gasteiger partial charge is 0.240 e. The van der Waals surface area contributed by atoms with Crippen LogP contribution in [0.15, 0.2) is 0 Å². The topological polar surface area (TPSA) is 52.6 Å². The van der Waals surface area contributed by atoms with E-state index in [1.54, 1.807) is 11.8 Å².